The lowest BCUT2D eigenvalue weighted by Crippen LogP contribution is -2.42. The maximum absolute atomic E-state index is 12.4. The lowest BCUT2D eigenvalue weighted by atomic mass is 9.97. The first kappa shape index (κ1) is 16.1. The fraction of sp³-hybridized carbons (Fsp3) is 0.429. The van der Waals surface area contributed by atoms with Gasteiger partial charge in [0, 0.05) is 18.8 Å². The van der Waals surface area contributed by atoms with Gasteiger partial charge < -0.3 is 15.3 Å². The number of rotatable bonds is 2. The molecule has 1 saturated heterocycles. The number of carboxylic acids is 1. The van der Waals surface area contributed by atoms with Gasteiger partial charge in [0.1, 0.15) is 0 Å². The van der Waals surface area contributed by atoms with E-state index in [1.807, 2.05) is 0 Å². The van der Waals surface area contributed by atoms with Crippen molar-refractivity contribution in [1.29, 1.82) is 0 Å². The van der Waals surface area contributed by atoms with Crippen LogP contribution in [0, 0.1) is 5.92 Å². The Morgan fingerprint density at radius 3 is 2.14 bits per heavy atom. The molecule has 1 aliphatic rings. The van der Waals surface area contributed by atoms with Crippen LogP contribution in [-0.2, 0) is 11.0 Å². The third kappa shape index (κ3) is 3.90. The second kappa shape index (κ2) is 6.25. The van der Waals surface area contributed by atoms with Gasteiger partial charge in [0.15, 0.2) is 0 Å². The van der Waals surface area contributed by atoms with E-state index in [0.717, 1.165) is 12.1 Å². The maximum atomic E-state index is 12.4. The number of piperidine rings is 1. The van der Waals surface area contributed by atoms with E-state index in [4.69, 9.17) is 5.11 Å². The van der Waals surface area contributed by atoms with Gasteiger partial charge in [-0.1, -0.05) is 0 Å². The van der Waals surface area contributed by atoms with Gasteiger partial charge in [-0.15, -0.1) is 0 Å². The summed E-state index contributed by atoms with van der Waals surface area (Å²) in [5, 5.41) is 11.4. The largest absolute Gasteiger partial charge is 0.481 e. The van der Waals surface area contributed by atoms with E-state index in [2.05, 4.69) is 5.32 Å². The lowest BCUT2D eigenvalue weighted by Gasteiger charge is -2.30. The third-order valence-corrected chi connectivity index (χ3v) is 3.59. The number of hydrogen-bond donors (Lipinski definition) is 2. The van der Waals surface area contributed by atoms with Crippen molar-refractivity contribution in [3.8, 4) is 0 Å². The second-order valence-electron chi connectivity index (χ2n) is 5.10. The number of likely N-dealkylation sites (tertiary alicyclic amines) is 1. The summed E-state index contributed by atoms with van der Waals surface area (Å²) >= 11 is 0. The van der Waals surface area contributed by atoms with Gasteiger partial charge in [0.25, 0.3) is 0 Å². The highest BCUT2D eigenvalue weighted by atomic mass is 19.4. The predicted molar refractivity (Wildman–Crippen MR) is 72.4 cm³/mol. The SMILES string of the molecule is O=C(O)C1CCN(C(=O)Nc2ccc(C(F)(F)F)cc2)CC1. The van der Waals surface area contributed by atoms with E-state index >= 15 is 0 Å². The number of nitrogens with one attached hydrogen (secondary N) is 1. The molecule has 0 bridgehead atoms. The number of hydrogen-bond acceptors (Lipinski definition) is 2. The van der Waals surface area contributed by atoms with Crippen molar-refractivity contribution in [2.75, 3.05) is 18.4 Å². The van der Waals surface area contributed by atoms with Crippen molar-refractivity contribution in [3.05, 3.63) is 29.8 Å². The first-order valence-corrected chi connectivity index (χ1v) is 6.73. The van der Waals surface area contributed by atoms with Crippen LogP contribution >= 0.6 is 0 Å². The quantitative estimate of drug-likeness (QED) is 0.881. The Balaban J connectivity index is 1.91. The zero-order valence-corrected chi connectivity index (χ0v) is 11.6. The number of alkyl halides is 3. The summed E-state index contributed by atoms with van der Waals surface area (Å²) < 4.78 is 37.3. The van der Waals surface area contributed by atoms with Crippen LogP contribution < -0.4 is 5.32 Å². The number of aliphatic carboxylic acids is 1. The van der Waals surface area contributed by atoms with Crippen LogP contribution in [0.25, 0.3) is 0 Å². The molecule has 2 N–H and O–H groups in total. The van der Waals surface area contributed by atoms with Crippen LogP contribution in [0.5, 0.6) is 0 Å². The number of carbonyl (C=O) groups is 2. The molecule has 1 heterocycles. The predicted octanol–water partition coefficient (Wildman–Crippen LogP) is 3.03. The molecule has 1 fully saturated rings. The molecule has 5 nitrogen and oxygen atoms in total. The number of nitrogens with zero attached hydrogens (tertiary/aromatic N) is 1. The minimum absolute atomic E-state index is 0.262. The molecule has 0 aromatic heterocycles. The second-order valence-corrected chi connectivity index (χ2v) is 5.10. The summed E-state index contributed by atoms with van der Waals surface area (Å²) in [5.41, 5.74) is -0.522. The van der Waals surface area contributed by atoms with Crippen LogP contribution in [0.1, 0.15) is 18.4 Å². The Hall–Kier alpha value is -2.25. The molecule has 2 amide bonds. The molecule has 1 aromatic rings. The average molecular weight is 316 g/mol. The van der Waals surface area contributed by atoms with Gasteiger partial charge in [0.05, 0.1) is 11.5 Å². The average Bonchev–Trinajstić information content (AvgIpc) is 2.47. The number of carbonyl (C=O) groups excluding carboxylic acids is 1. The van der Waals surface area contributed by atoms with E-state index in [1.165, 1.54) is 17.0 Å². The number of urea groups is 1. The summed E-state index contributed by atoms with van der Waals surface area (Å²) in [6.07, 6.45) is -3.67. The molecule has 120 valence electrons. The summed E-state index contributed by atoms with van der Waals surface area (Å²) in [5.74, 6) is -1.32. The summed E-state index contributed by atoms with van der Waals surface area (Å²) in [7, 11) is 0. The van der Waals surface area contributed by atoms with Gasteiger partial charge in [0.2, 0.25) is 0 Å². The fourth-order valence-electron chi connectivity index (χ4n) is 2.27. The molecule has 8 heteroatoms. The van der Waals surface area contributed by atoms with Gasteiger partial charge in [-0.05, 0) is 37.1 Å². The molecule has 0 saturated carbocycles. The topological polar surface area (TPSA) is 69.6 Å². The Morgan fingerprint density at radius 1 is 1.14 bits per heavy atom. The zero-order chi connectivity index (χ0) is 16.3. The van der Waals surface area contributed by atoms with E-state index in [-0.39, 0.29) is 5.69 Å². The Morgan fingerprint density at radius 2 is 1.68 bits per heavy atom. The minimum atomic E-state index is -4.42. The molecule has 0 aliphatic carbocycles. The highest BCUT2D eigenvalue weighted by Gasteiger charge is 2.30. The molecule has 0 spiro atoms. The first-order valence-electron chi connectivity index (χ1n) is 6.73. The molecule has 0 unspecified atom stereocenters. The third-order valence-electron chi connectivity index (χ3n) is 3.59. The monoisotopic (exact) mass is 316 g/mol. The van der Waals surface area contributed by atoms with Gasteiger partial charge in [-0.25, -0.2) is 4.79 Å². The Kier molecular flexibility index (Phi) is 4.58. The smallest absolute Gasteiger partial charge is 0.416 e. The van der Waals surface area contributed by atoms with E-state index in [1.54, 1.807) is 0 Å². The highest BCUT2D eigenvalue weighted by molar-refractivity contribution is 5.89. The Bertz CT molecular complexity index is 549. The summed E-state index contributed by atoms with van der Waals surface area (Å²) in [6.45, 7) is 0.618. The zero-order valence-electron chi connectivity index (χ0n) is 11.6. The molecule has 1 aromatic carbocycles. The van der Waals surface area contributed by atoms with Crippen molar-refractivity contribution in [2.45, 2.75) is 19.0 Å². The van der Waals surface area contributed by atoms with Crippen LogP contribution in [-0.4, -0.2) is 35.1 Å². The molecular formula is C14H15F3N2O3. The molecule has 0 atom stereocenters. The van der Waals surface area contributed by atoms with Crippen molar-refractivity contribution in [1.82, 2.24) is 4.90 Å². The molecule has 0 radical (unpaired) electrons. The van der Waals surface area contributed by atoms with E-state index in [0.29, 0.717) is 25.9 Å². The number of amides is 2. The van der Waals surface area contributed by atoms with Crippen LogP contribution in [0.15, 0.2) is 24.3 Å². The highest BCUT2D eigenvalue weighted by Crippen LogP contribution is 2.30. The first-order chi connectivity index (χ1) is 10.3. The number of anilines is 1. The molecule has 22 heavy (non-hydrogen) atoms. The molecule has 1 aliphatic heterocycles. The molecular weight excluding hydrogens is 301 g/mol. The summed E-state index contributed by atoms with van der Waals surface area (Å²) in [6, 6.07) is 3.72. The maximum Gasteiger partial charge on any atom is 0.416 e. The van der Waals surface area contributed by atoms with Crippen LogP contribution in [0.4, 0.5) is 23.7 Å². The number of carboxylic acid groups (broad SMARTS) is 1. The minimum Gasteiger partial charge on any atom is -0.481 e. The van der Waals surface area contributed by atoms with Crippen LogP contribution in [0.3, 0.4) is 0 Å². The van der Waals surface area contributed by atoms with Crippen molar-refractivity contribution in [2.24, 2.45) is 5.92 Å². The van der Waals surface area contributed by atoms with Crippen molar-refractivity contribution >= 4 is 17.7 Å². The fourth-order valence-corrected chi connectivity index (χ4v) is 2.27. The van der Waals surface area contributed by atoms with Crippen molar-refractivity contribution in [3.63, 3.8) is 0 Å². The van der Waals surface area contributed by atoms with Gasteiger partial charge in [-0.3, -0.25) is 4.79 Å². The standard InChI is InChI=1S/C14H15F3N2O3/c15-14(16,17)10-1-3-11(4-2-10)18-13(22)19-7-5-9(6-8-19)12(20)21/h1-4,9H,5-8H2,(H,18,22)(H,20,21). The van der Waals surface area contributed by atoms with E-state index < -0.39 is 29.7 Å². The van der Waals surface area contributed by atoms with Crippen molar-refractivity contribution < 1.29 is 27.9 Å². The van der Waals surface area contributed by atoms with Gasteiger partial charge >= 0.3 is 18.2 Å². The number of halogens is 3. The summed E-state index contributed by atoms with van der Waals surface area (Å²) in [4.78, 5) is 24.3. The lowest BCUT2D eigenvalue weighted by molar-refractivity contribution is -0.143. The van der Waals surface area contributed by atoms with Gasteiger partial charge in [-0.2, -0.15) is 13.2 Å². The van der Waals surface area contributed by atoms with E-state index in [9.17, 15) is 22.8 Å². The Labute approximate surface area is 124 Å². The normalized spacial score (nSPS) is 16.4. The number of benzene rings is 1. The molecule has 2 rings (SSSR count). The van der Waals surface area contributed by atoms with Crippen LogP contribution in [0.2, 0.25) is 0 Å².